The lowest BCUT2D eigenvalue weighted by Gasteiger charge is -2.09. The van der Waals surface area contributed by atoms with E-state index in [0.29, 0.717) is 0 Å². The van der Waals surface area contributed by atoms with Crippen molar-refractivity contribution in [2.45, 2.75) is 12.5 Å². The van der Waals surface area contributed by atoms with Gasteiger partial charge in [-0.15, -0.1) is 0 Å². The minimum atomic E-state index is -1.16. The molecule has 82 valence electrons. The van der Waals surface area contributed by atoms with E-state index in [1.807, 2.05) is 0 Å². The van der Waals surface area contributed by atoms with Crippen LogP contribution < -0.4 is 10.5 Å². The van der Waals surface area contributed by atoms with Gasteiger partial charge in [0.25, 0.3) is 0 Å². The number of methoxy groups -OCH3 is 1. The van der Waals surface area contributed by atoms with E-state index in [1.165, 1.54) is 19.2 Å². The Morgan fingerprint density at radius 3 is 2.87 bits per heavy atom. The van der Waals surface area contributed by atoms with Crippen LogP contribution in [0, 0.1) is 5.82 Å². The van der Waals surface area contributed by atoms with Gasteiger partial charge in [-0.25, -0.2) is 4.39 Å². The lowest BCUT2D eigenvalue weighted by Crippen LogP contribution is -2.32. The summed E-state index contributed by atoms with van der Waals surface area (Å²) in [6.45, 7) is 0. The predicted molar refractivity (Wildman–Crippen MR) is 52.3 cm³/mol. The van der Waals surface area contributed by atoms with Gasteiger partial charge in [0, 0.05) is 6.42 Å². The van der Waals surface area contributed by atoms with Crippen LogP contribution in [0.1, 0.15) is 5.56 Å². The van der Waals surface area contributed by atoms with Crippen molar-refractivity contribution in [1.29, 1.82) is 0 Å². The molecule has 0 fully saturated rings. The average molecular weight is 213 g/mol. The SMILES string of the molecule is COc1cccc(C[C@H](N)C(=O)O)c1F. The van der Waals surface area contributed by atoms with Crippen LogP contribution >= 0.6 is 0 Å². The Labute approximate surface area is 86.5 Å². The highest BCUT2D eigenvalue weighted by Gasteiger charge is 2.16. The van der Waals surface area contributed by atoms with Gasteiger partial charge in [-0.2, -0.15) is 0 Å². The van der Waals surface area contributed by atoms with Crippen molar-refractivity contribution in [3.05, 3.63) is 29.6 Å². The fourth-order valence-corrected chi connectivity index (χ4v) is 1.20. The van der Waals surface area contributed by atoms with Gasteiger partial charge in [-0.05, 0) is 11.6 Å². The number of carboxylic acid groups (broad SMARTS) is 1. The summed E-state index contributed by atoms with van der Waals surface area (Å²) < 4.78 is 18.3. The van der Waals surface area contributed by atoms with E-state index >= 15 is 0 Å². The van der Waals surface area contributed by atoms with Crippen molar-refractivity contribution in [2.75, 3.05) is 7.11 Å². The van der Waals surface area contributed by atoms with Gasteiger partial charge in [0.1, 0.15) is 6.04 Å². The van der Waals surface area contributed by atoms with Crippen molar-refractivity contribution in [3.8, 4) is 5.75 Å². The molecule has 0 aromatic heterocycles. The molecule has 0 aliphatic rings. The predicted octanol–water partition coefficient (Wildman–Crippen LogP) is 0.789. The first-order chi connectivity index (χ1) is 7.06. The quantitative estimate of drug-likeness (QED) is 0.775. The summed E-state index contributed by atoms with van der Waals surface area (Å²) in [6, 6.07) is 3.43. The summed E-state index contributed by atoms with van der Waals surface area (Å²) in [5.41, 5.74) is 5.54. The second-order valence-corrected chi connectivity index (χ2v) is 3.08. The molecule has 1 rings (SSSR count). The molecular formula is C10H12FNO3. The maximum absolute atomic E-state index is 13.5. The number of carboxylic acids is 1. The molecule has 1 atom stereocenters. The molecule has 15 heavy (non-hydrogen) atoms. The highest BCUT2D eigenvalue weighted by atomic mass is 19.1. The molecule has 0 heterocycles. The molecule has 0 radical (unpaired) electrons. The first kappa shape index (κ1) is 11.5. The van der Waals surface area contributed by atoms with Gasteiger partial charge >= 0.3 is 5.97 Å². The smallest absolute Gasteiger partial charge is 0.320 e. The molecule has 0 spiro atoms. The molecule has 1 aromatic carbocycles. The number of nitrogens with two attached hydrogens (primary N) is 1. The van der Waals surface area contributed by atoms with Gasteiger partial charge in [0.2, 0.25) is 0 Å². The summed E-state index contributed by atoms with van der Waals surface area (Å²) in [5, 5.41) is 8.58. The van der Waals surface area contributed by atoms with Crippen LogP contribution in [0.3, 0.4) is 0 Å². The van der Waals surface area contributed by atoms with Gasteiger partial charge in [-0.3, -0.25) is 4.79 Å². The van der Waals surface area contributed by atoms with E-state index < -0.39 is 17.8 Å². The van der Waals surface area contributed by atoms with Crippen LogP contribution in [0.25, 0.3) is 0 Å². The number of rotatable bonds is 4. The summed E-state index contributed by atoms with van der Waals surface area (Å²) >= 11 is 0. The Balaban J connectivity index is 2.90. The largest absolute Gasteiger partial charge is 0.494 e. The summed E-state index contributed by atoms with van der Waals surface area (Å²) in [6.07, 6.45) is -0.0572. The minimum Gasteiger partial charge on any atom is -0.494 e. The molecule has 0 saturated carbocycles. The fraction of sp³-hybridized carbons (Fsp3) is 0.300. The van der Waals surface area contributed by atoms with Crippen molar-refractivity contribution in [2.24, 2.45) is 5.73 Å². The van der Waals surface area contributed by atoms with Gasteiger partial charge in [-0.1, -0.05) is 12.1 Å². The summed E-state index contributed by atoms with van der Waals surface area (Å²) in [4.78, 5) is 10.5. The van der Waals surface area contributed by atoms with E-state index in [-0.39, 0.29) is 17.7 Å². The topological polar surface area (TPSA) is 72.5 Å². The third-order valence-corrected chi connectivity index (χ3v) is 2.02. The van der Waals surface area contributed by atoms with Crippen molar-refractivity contribution < 1.29 is 19.0 Å². The zero-order valence-corrected chi connectivity index (χ0v) is 8.24. The summed E-state index contributed by atoms with van der Waals surface area (Å²) in [5.74, 6) is -1.63. The maximum atomic E-state index is 13.5. The van der Waals surface area contributed by atoms with Crippen LogP contribution in [0.5, 0.6) is 5.75 Å². The standard InChI is InChI=1S/C10H12FNO3/c1-15-8-4-2-3-6(9(8)11)5-7(12)10(13)14/h2-4,7H,5,12H2,1H3,(H,13,14)/t7-/m0/s1. The fourth-order valence-electron chi connectivity index (χ4n) is 1.20. The first-order valence-electron chi connectivity index (χ1n) is 4.36. The summed E-state index contributed by atoms with van der Waals surface area (Å²) in [7, 11) is 1.35. The zero-order valence-electron chi connectivity index (χ0n) is 8.24. The Bertz CT molecular complexity index is 368. The van der Waals surface area contributed by atoms with Crippen LogP contribution in [0.15, 0.2) is 18.2 Å². The molecule has 0 unspecified atom stereocenters. The highest BCUT2D eigenvalue weighted by molar-refractivity contribution is 5.73. The van der Waals surface area contributed by atoms with Crippen LogP contribution in [-0.4, -0.2) is 24.2 Å². The van der Waals surface area contributed by atoms with Gasteiger partial charge in [0.15, 0.2) is 11.6 Å². The molecule has 0 bridgehead atoms. The number of hydrogen-bond acceptors (Lipinski definition) is 3. The Kier molecular flexibility index (Phi) is 3.62. The van der Waals surface area contributed by atoms with E-state index in [2.05, 4.69) is 0 Å². The van der Waals surface area contributed by atoms with Crippen LogP contribution in [0.2, 0.25) is 0 Å². The van der Waals surface area contributed by atoms with Crippen molar-refractivity contribution in [3.63, 3.8) is 0 Å². The number of carbonyl (C=O) groups is 1. The van der Waals surface area contributed by atoms with Crippen LogP contribution in [-0.2, 0) is 11.2 Å². The lowest BCUT2D eigenvalue weighted by molar-refractivity contribution is -0.138. The molecule has 0 amide bonds. The normalized spacial score (nSPS) is 12.2. The van der Waals surface area contributed by atoms with E-state index in [4.69, 9.17) is 15.6 Å². The lowest BCUT2D eigenvalue weighted by atomic mass is 10.1. The van der Waals surface area contributed by atoms with E-state index in [0.717, 1.165) is 0 Å². The molecule has 0 aliphatic heterocycles. The minimum absolute atomic E-state index is 0.0572. The molecule has 1 aromatic rings. The second-order valence-electron chi connectivity index (χ2n) is 3.08. The van der Waals surface area contributed by atoms with Crippen LogP contribution in [0.4, 0.5) is 4.39 Å². The number of aliphatic carboxylic acids is 1. The van der Waals surface area contributed by atoms with E-state index in [1.54, 1.807) is 6.07 Å². The Morgan fingerprint density at radius 2 is 2.33 bits per heavy atom. The number of hydrogen-bond donors (Lipinski definition) is 2. The van der Waals surface area contributed by atoms with Gasteiger partial charge < -0.3 is 15.6 Å². The second kappa shape index (κ2) is 4.75. The molecule has 0 aliphatic carbocycles. The number of benzene rings is 1. The van der Waals surface area contributed by atoms with Crippen molar-refractivity contribution >= 4 is 5.97 Å². The average Bonchev–Trinajstić information content (AvgIpc) is 2.21. The van der Waals surface area contributed by atoms with Crippen molar-refractivity contribution in [1.82, 2.24) is 0 Å². The number of ether oxygens (including phenoxy) is 1. The third kappa shape index (κ3) is 2.66. The highest BCUT2D eigenvalue weighted by Crippen LogP contribution is 2.20. The monoisotopic (exact) mass is 213 g/mol. The molecule has 5 heteroatoms. The zero-order chi connectivity index (χ0) is 11.4. The molecule has 4 nitrogen and oxygen atoms in total. The third-order valence-electron chi connectivity index (χ3n) is 2.02. The molecular weight excluding hydrogens is 201 g/mol. The van der Waals surface area contributed by atoms with E-state index in [9.17, 15) is 9.18 Å². The molecule has 3 N–H and O–H groups in total. The first-order valence-corrected chi connectivity index (χ1v) is 4.36. The number of halogens is 1. The Morgan fingerprint density at radius 1 is 1.67 bits per heavy atom. The van der Waals surface area contributed by atoms with Gasteiger partial charge in [0.05, 0.1) is 7.11 Å². The maximum Gasteiger partial charge on any atom is 0.320 e. The Hall–Kier alpha value is -1.62. The molecule has 0 saturated heterocycles.